The standard InChI is InChI=1S/C21H19ClF3N3O3/c22-15-7-5-14(6-8-15)18-13-20(31-27-18)9-11-28(12-10-20)30-19(29)26-17-4-2-1-3-16(17)21(23,24)25/h1-8H,9-13H2,(H,26,29). The van der Waals surface area contributed by atoms with Gasteiger partial charge in [0, 0.05) is 37.4 Å². The van der Waals surface area contributed by atoms with E-state index in [2.05, 4.69) is 10.5 Å². The van der Waals surface area contributed by atoms with E-state index < -0.39 is 23.4 Å². The molecule has 0 radical (unpaired) electrons. The first kappa shape index (κ1) is 21.5. The zero-order valence-electron chi connectivity index (χ0n) is 16.3. The van der Waals surface area contributed by atoms with E-state index in [1.165, 1.54) is 23.3 Å². The first-order valence-corrected chi connectivity index (χ1v) is 10.0. The molecule has 164 valence electrons. The summed E-state index contributed by atoms with van der Waals surface area (Å²) in [5, 5.41) is 8.44. The first-order chi connectivity index (χ1) is 14.7. The molecule has 4 rings (SSSR count). The molecular formula is C21H19ClF3N3O3. The molecule has 2 heterocycles. The Hall–Kier alpha value is -2.78. The molecule has 1 amide bonds. The Balaban J connectivity index is 1.30. The van der Waals surface area contributed by atoms with Crippen molar-refractivity contribution < 1.29 is 27.6 Å². The zero-order chi connectivity index (χ0) is 22.1. The highest BCUT2D eigenvalue weighted by Gasteiger charge is 2.43. The van der Waals surface area contributed by atoms with Gasteiger partial charge in [-0.2, -0.15) is 13.2 Å². The molecule has 2 aliphatic heterocycles. The molecule has 1 spiro atoms. The molecule has 31 heavy (non-hydrogen) atoms. The van der Waals surface area contributed by atoms with Crippen molar-refractivity contribution >= 4 is 29.1 Å². The van der Waals surface area contributed by atoms with Crippen LogP contribution in [0.5, 0.6) is 0 Å². The molecule has 0 atom stereocenters. The maximum Gasteiger partial charge on any atom is 0.430 e. The summed E-state index contributed by atoms with van der Waals surface area (Å²) in [6.07, 6.45) is -3.82. The largest absolute Gasteiger partial charge is 0.430 e. The molecule has 1 saturated heterocycles. The van der Waals surface area contributed by atoms with E-state index >= 15 is 0 Å². The molecule has 2 aromatic rings. The minimum Gasteiger partial charge on any atom is -0.388 e. The van der Waals surface area contributed by atoms with Crippen LogP contribution in [0.25, 0.3) is 0 Å². The monoisotopic (exact) mass is 453 g/mol. The third kappa shape index (κ3) is 4.94. The highest BCUT2D eigenvalue weighted by Crippen LogP contribution is 2.37. The summed E-state index contributed by atoms with van der Waals surface area (Å²) < 4.78 is 39.2. The predicted molar refractivity (Wildman–Crippen MR) is 109 cm³/mol. The Morgan fingerprint density at radius 3 is 2.48 bits per heavy atom. The van der Waals surface area contributed by atoms with Gasteiger partial charge in [-0.25, -0.2) is 4.79 Å². The van der Waals surface area contributed by atoms with Gasteiger partial charge in [0.2, 0.25) is 0 Å². The van der Waals surface area contributed by atoms with Crippen LogP contribution in [0.15, 0.2) is 53.7 Å². The van der Waals surface area contributed by atoms with Crippen LogP contribution in [0.3, 0.4) is 0 Å². The number of alkyl halides is 3. The number of hydrogen-bond acceptors (Lipinski definition) is 5. The lowest BCUT2D eigenvalue weighted by molar-refractivity contribution is -0.154. The van der Waals surface area contributed by atoms with Gasteiger partial charge in [0.1, 0.15) is 5.60 Å². The number of halogens is 4. The fraction of sp³-hybridized carbons (Fsp3) is 0.333. The summed E-state index contributed by atoms with van der Waals surface area (Å²) >= 11 is 5.92. The smallest absolute Gasteiger partial charge is 0.388 e. The van der Waals surface area contributed by atoms with Crippen LogP contribution in [-0.4, -0.2) is 35.6 Å². The molecule has 0 saturated carbocycles. The minimum atomic E-state index is -4.58. The number of oxime groups is 1. The van der Waals surface area contributed by atoms with Crippen molar-refractivity contribution in [2.45, 2.75) is 31.0 Å². The van der Waals surface area contributed by atoms with Crippen molar-refractivity contribution in [3.63, 3.8) is 0 Å². The van der Waals surface area contributed by atoms with Gasteiger partial charge < -0.3 is 9.68 Å². The summed E-state index contributed by atoms with van der Waals surface area (Å²) in [4.78, 5) is 23.1. The number of rotatable bonds is 3. The first-order valence-electron chi connectivity index (χ1n) is 9.65. The van der Waals surface area contributed by atoms with Crippen molar-refractivity contribution in [3.05, 3.63) is 64.7 Å². The van der Waals surface area contributed by atoms with Crippen LogP contribution in [0.1, 0.15) is 30.4 Å². The summed E-state index contributed by atoms with van der Waals surface area (Å²) in [7, 11) is 0. The molecular weight excluding hydrogens is 435 g/mol. The number of amides is 1. The van der Waals surface area contributed by atoms with Crippen LogP contribution in [-0.2, 0) is 15.9 Å². The number of para-hydroxylation sites is 1. The Kier molecular flexibility index (Phi) is 5.81. The fourth-order valence-electron chi connectivity index (χ4n) is 3.66. The normalized spacial score (nSPS) is 18.4. The Morgan fingerprint density at radius 1 is 1.13 bits per heavy atom. The Bertz CT molecular complexity index is 987. The van der Waals surface area contributed by atoms with Crippen molar-refractivity contribution in [2.75, 3.05) is 18.4 Å². The molecule has 6 nitrogen and oxygen atoms in total. The van der Waals surface area contributed by atoms with E-state index in [0.29, 0.717) is 37.4 Å². The average Bonchev–Trinajstić information content (AvgIpc) is 3.14. The van der Waals surface area contributed by atoms with Gasteiger partial charge in [-0.15, -0.1) is 5.06 Å². The highest BCUT2D eigenvalue weighted by atomic mass is 35.5. The fourth-order valence-corrected chi connectivity index (χ4v) is 3.79. The number of piperidine rings is 1. The average molecular weight is 454 g/mol. The highest BCUT2D eigenvalue weighted by molar-refractivity contribution is 6.30. The van der Waals surface area contributed by atoms with E-state index in [-0.39, 0.29) is 5.69 Å². The number of carbonyl (C=O) groups excluding carboxylic acids is 1. The molecule has 0 aromatic heterocycles. The third-order valence-corrected chi connectivity index (χ3v) is 5.58. The van der Waals surface area contributed by atoms with Crippen molar-refractivity contribution in [1.29, 1.82) is 0 Å². The molecule has 10 heteroatoms. The second-order valence-corrected chi connectivity index (χ2v) is 7.91. The molecule has 2 aromatic carbocycles. The quantitative estimate of drug-likeness (QED) is 0.668. The van der Waals surface area contributed by atoms with Gasteiger partial charge in [0.25, 0.3) is 0 Å². The second-order valence-electron chi connectivity index (χ2n) is 7.47. The molecule has 2 aliphatic rings. The number of benzene rings is 2. The van der Waals surface area contributed by atoms with E-state index in [1.54, 1.807) is 12.1 Å². The Morgan fingerprint density at radius 2 is 1.81 bits per heavy atom. The zero-order valence-corrected chi connectivity index (χ0v) is 17.0. The number of carbonyl (C=O) groups is 1. The third-order valence-electron chi connectivity index (χ3n) is 5.33. The molecule has 1 fully saturated rings. The van der Waals surface area contributed by atoms with E-state index in [4.69, 9.17) is 21.3 Å². The van der Waals surface area contributed by atoms with E-state index in [0.717, 1.165) is 17.3 Å². The Labute approximate surface area is 181 Å². The maximum atomic E-state index is 13.1. The van der Waals surface area contributed by atoms with Crippen LogP contribution >= 0.6 is 11.6 Å². The lowest BCUT2D eigenvalue weighted by Gasteiger charge is -2.35. The maximum absolute atomic E-state index is 13.1. The predicted octanol–water partition coefficient (Wildman–Crippen LogP) is 5.48. The lowest BCUT2D eigenvalue weighted by atomic mass is 9.86. The summed E-state index contributed by atoms with van der Waals surface area (Å²) in [5.74, 6) is 0. The second kappa shape index (κ2) is 8.39. The van der Waals surface area contributed by atoms with Crippen LogP contribution in [0.4, 0.5) is 23.7 Å². The van der Waals surface area contributed by atoms with Gasteiger partial charge in [0.15, 0.2) is 0 Å². The van der Waals surface area contributed by atoms with Crippen molar-refractivity contribution in [2.24, 2.45) is 5.16 Å². The van der Waals surface area contributed by atoms with E-state index in [1.807, 2.05) is 12.1 Å². The SMILES string of the molecule is O=C(Nc1ccccc1C(F)(F)F)ON1CCC2(CC1)CC(c1ccc(Cl)cc1)=NO2. The summed E-state index contributed by atoms with van der Waals surface area (Å²) in [5.41, 5.74) is -0.00614. The number of nitrogens with zero attached hydrogens (tertiary/aromatic N) is 2. The lowest BCUT2D eigenvalue weighted by Crippen LogP contribution is -2.45. The molecule has 0 unspecified atom stereocenters. The van der Waals surface area contributed by atoms with Gasteiger partial charge in [-0.05, 0) is 29.8 Å². The molecule has 1 N–H and O–H groups in total. The van der Waals surface area contributed by atoms with Gasteiger partial charge in [-0.1, -0.05) is 41.0 Å². The van der Waals surface area contributed by atoms with Crippen LogP contribution in [0, 0.1) is 0 Å². The van der Waals surface area contributed by atoms with Gasteiger partial charge >= 0.3 is 12.3 Å². The summed E-state index contributed by atoms with van der Waals surface area (Å²) in [6, 6.07) is 12.1. The topological polar surface area (TPSA) is 63.2 Å². The minimum absolute atomic E-state index is 0.353. The van der Waals surface area contributed by atoms with E-state index in [9.17, 15) is 18.0 Å². The van der Waals surface area contributed by atoms with Gasteiger partial charge in [-0.3, -0.25) is 5.32 Å². The number of anilines is 1. The number of hydrogen-bond donors (Lipinski definition) is 1. The van der Waals surface area contributed by atoms with Crippen molar-refractivity contribution in [3.8, 4) is 0 Å². The van der Waals surface area contributed by atoms with Crippen LogP contribution in [0.2, 0.25) is 5.02 Å². The van der Waals surface area contributed by atoms with Crippen molar-refractivity contribution in [1.82, 2.24) is 5.06 Å². The molecule has 0 bridgehead atoms. The molecule has 0 aliphatic carbocycles. The number of hydroxylamine groups is 2. The number of nitrogens with one attached hydrogen (secondary N) is 1. The summed E-state index contributed by atoms with van der Waals surface area (Å²) in [6.45, 7) is 0.746. The van der Waals surface area contributed by atoms with Gasteiger partial charge in [0.05, 0.1) is 17.0 Å². The van der Waals surface area contributed by atoms with Crippen LogP contribution < -0.4 is 5.32 Å².